The number of halogens is 4. The van der Waals surface area contributed by atoms with E-state index in [2.05, 4.69) is 10.2 Å². The Balaban J connectivity index is 2.61. The van der Waals surface area contributed by atoms with Gasteiger partial charge in [-0.3, -0.25) is 4.79 Å². The summed E-state index contributed by atoms with van der Waals surface area (Å²) in [5.74, 6) is -1.44. The predicted molar refractivity (Wildman–Crippen MR) is 62.4 cm³/mol. The summed E-state index contributed by atoms with van der Waals surface area (Å²) in [6.45, 7) is 0.973. The van der Waals surface area contributed by atoms with Gasteiger partial charge in [0.15, 0.2) is 5.78 Å². The minimum atomic E-state index is -4.74. The van der Waals surface area contributed by atoms with Crippen LogP contribution >= 0.6 is 0 Å². The van der Waals surface area contributed by atoms with Crippen LogP contribution in [0.25, 0.3) is 11.3 Å². The van der Waals surface area contributed by atoms with E-state index in [-0.39, 0.29) is 11.3 Å². The fourth-order valence-corrected chi connectivity index (χ4v) is 1.66. The van der Waals surface area contributed by atoms with Crippen molar-refractivity contribution in [1.29, 1.82) is 0 Å². The lowest BCUT2D eigenvalue weighted by atomic mass is 10.1. The fraction of sp³-hybridized carbons (Fsp3) is 0.154. The van der Waals surface area contributed by atoms with Crippen molar-refractivity contribution in [3.63, 3.8) is 0 Å². The van der Waals surface area contributed by atoms with Gasteiger partial charge in [0, 0.05) is 12.5 Å². The Labute approximate surface area is 111 Å². The average Bonchev–Trinajstić information content (AvgIpc) is 2.37. The summed E-state index contributed by atoms with van der Waals surface area (Å²) in [4.78, 5) is 11.2. The molecule has 0 saturated heterocycles. The Morgan fingerprint density at radius 2 is 1.85 bits per heavy atom. The van der Waals surface area contributed by atoms with E-state index in [1.54, 1.807) is 0 Å². The largest absolute Gasteiger partial charge is 0.418 e. The smallest absolute Gasteiger partial charge is 0.293 e. The van der Waals surface area contributed by atoms with Gasteiger partial charge in [-0.05, 0) is 18.2 Å². The molecule has 0 saturated carbocycles. The molecule has 0 N–H and O–H groups in total. The highest BCUT2D eigenvalue weighted by molar-refractivity contribution is 5.93. The van der Waals surface area contributed by atoms with Crippen LogP contribution in [0.15, 0.2) is 30.3 Å². The zero-order chi connectivity index (χ0) is 14.9. The number of nitrogens with zero attached hydrogens (tertiary/aromatic N) is 2. The molecule has 104 valence electrons. The van der Waals surface area contributed by atoms with E-state index in [1.807, 2.05) is 0 Å². The normalized spacial score (nSPS) is 11.4. The van der Waals surface area contributed by atoms with Crippen molar-refractivity contribution in [2.75, 3.05) is 0 Å². The molecule has 1 aromatic carbocycles. The van der Waals surface area contributed by atoms with Gasteiger partial charge in [0.2, 0.25) is 0 Å². The highest BCUT2D eigenvalue weighted by atomic mass is 19.4. The first-order chi connectivity index (χ1) is 9.29. The molecule has 1 heterocycles. The van der Waals surface area contributed by atoms with Crippen LogP contribution < -0.4 is 0 Å². The Bertz CT molecular complexity index is 668. The Hall–Kier alpha value is -2.31. The van der Waals surface area contributed by atoms with E-state index in [9.17, 15) is 22.4 Å². The molecule has 3 nitrogen and oxygen atoms in total. The Morgan fingerprint density at radius 1 is 1.15 bits per heavy atom. The van der Waals surface area contributed by atoms with Crippen LogP contribution in [-0.4, -0.2) is 16.0 Å². The predicted octanol–water partition coefficient (Wildman–Crippen LogP) is 3.50. The van der Waals surface area contributed by atoms with E-state index in [0.29, 0.717) is 6.07 Å². The monoisotopic (exact) mass is 284 g/mol. The molecule has 0 radical (unpaired) electrons. The number of hydrogen-bond acceptors (Lipinski definition) is 3. The lowest BCUT2D eigenvalue weighted by Crippen LogP contribution is -2.15. The van der Waals surface area contributed by atoms with E-state index in [1.165, 1.54) is 12.1 Å². The molecule has 0 aliphatic heterocycles. The molecule has 20 heavy (non-hydrogen) atoms. The molecule has 0 bridgehead atoms. The fourth-order valence-electron chi connectivity index (χ4n) is 1.66. The third-order valence-corrected chi connectivity index (χ3v) is 2.55. The van der Waals surface area contributed by atoms with Crippen molar-refractivity contribution >= 4 is 5.78 Å². The Kier molecular flexibility index (Phi) is 3.52. The minimum Gasteiger partial charge on any atom is -0.293 e. The maximum atomic E-state index is 13.1. The van der Waals surface area contributed by atoms with Gasteiger partial charge in [0.1, 0.15) is 11.5 Å². The summed E-state index contributed by atoms with van der Waals surface area (Å²) in [6.07, 6.45) is -4.74. The lowest BCUT2D eigenvalue weighted by molar-refractivity contribution is -0.138. The van der Waals surface area contributed by atoms with Crippen molar-refractivity contribution in [3.8, 4) is 11.3 Å². The molecular weight excluding hydrogens is 276 g/mol. The summed E-state index contributed by atoms with van der Waals surface area (Å²) in [5, 5.41) is 6.86. The number of aromatic nitrogens is 2. The van der Waals surface area contributed by atoms with Gasteiger partial charge >= 0.3 is 6.18 Å². The number of alkyl halides is 3. The topological polar surface area (TPSA) is 42.9 Å². The summed E-state index contributed by atoms with van der Waals surface area (Å²) in [5.41, 5.74) is -1.93. The second kappa shape index (κ2) is 4.99. The molecule has 0 aliphatic carbocycles. The van der Waals surface area contributed by atoms with E-state index >= 15 is 0 Å². The van der Waals surface area contributed by atoms with Crippen LogP contribution in [0.1, 0.15) is 23.0 Å². The molecule has 2 rings (SSSR count). The Morgan fingerprint density at radius 3 is 2.40 bits per heavy atom. The van der Waals surface area contributed by atoms with Crippen LogP contribution in [0, 0.1) is 5.82 Å². The summed E-state index contributed by atoms with van der Waals surface area (Å²) in [6, 6.07) is 5.64. The molecule has 0 amide bonds. The number of ketones is 1. The van der Waals surface area contributed by atoms with Crippen LogP contribution in [0.4, 0.5) is 17.6 Å². The minimum absolute atomic E-state index is 0.151. The number of Topliss-reactive ketones (excluding diaryl/α,β-unsaturated/α-hetero) is 1. The van der Waals surface area contributed by atoms with Gasteiger partial charge in [-0.25, -0.2) is 4.39 Å². The summed E-state index contributed by atoms with van der Waals surface area (Å²) < 4.78 is 51.7. The van der Waals surface area contributed by atoms with E-state index in [4.69, 9.17) is 0 Å². The first-order valence-electron chi connectivity index (χ1n) is 5.51. The lowest BCUT2D eigenvalue weighted by Gasteiger charge is -2.11. The van der Waals surface area contributed by atoms with Crippen LogP contribution in [0.3, 0.4) is 0 Å². The quantitative estimate of drug-likeness (QED) is 0.626. The van der Waals surface area contributed by atoms with Gasteiger partial charge in [-0.1, -0.05) is 12.1 Å². The highest BCUT2D eigenvalue weighted by Gasteiger charge is 2.36. The van der Waals surface area contributed by atoms with Crippen molar-refractivity contribution in [2.45, 2.75) is 13.1 Å². The van der Waals surface area contributed by atoms with E-state index in [0.717, 1.165) is 19.1 Å². The molecule has 0 fully saturated rings. The molecule has 0 aliphatic rings. The molecule has 0 atom stereocenters. The molecule has 0 unspecified atom stereocenters. The van der Waals surface area contributed by atoms with Gasteiger partial charge < -0.3 is 0 Å². The van der Waals surface area contributed by atoms with Crippen molar-refractivity contribution in [2.24, 2.45) is 0 Å². The zero-order valence-corrected chi connectivity index (χ0v) is 10.2. The molecule has 2 aromatic rings. The van der Waals surface area contributed by atoms with Crippen LogP contribution in [0.5, 0.6) is 0 Å². The van der Waals surface area contributed by atoms with Crippen molar-refractivity contribution in [3.05, 3.63) is 47.4 Å². The van der Waals surface area contributed by atoms with Gasteiger partial charge in [-0.2, -0.15) is 13.2 Å². The first-order valence-corrected chi connectivity index (χ1v) is 5.51. The first kappa shape index (κ1) is 14.1. The number of hydrogen-bond donors (Lipinski definition) is 0. The zero-order valence-electron chi connectivity index (χ0n) is 10.2. The molecular formula is C13H8F4N2O. The highest BCUT2D eigenvalue weighted by Crippen LogP contribution is 2.33. The van der Waals surface area contributed by atoms with Gasteiger partial charge in [0.05, 0.1) is 11.3 Å². The standard InChI is InChI=1S/C13H8F4N2O/c1-7(20)12-10(13(15,16)17)6-11(18-19-12)8-3-2-4-9(14)5-8/h2-6H,1H3. The average molecular weight is 284 g/mol. The number of carbonyl (C=O) groups is 1. The maximum Gasteiger partial charge on any atom is 0.418 e. The summed E-state index contributed by atoms with van der Waals surface area (Å²) in [7, 11) is 0. The van der Waals surface area contributed by atoms with Crippen LogP contribution in [0.2, 0.25) is 0 Å². The molecule has 1 aromatic heterocycles. The van der Waals surface area contributed by atoms with E-state index < -0.39 is 29.0 Å². The molecule has 0 spiro atoms. The van der Waals surface area contributed by atoms with Gasteiger partial charge in [0.25, 0.3) is 0 Å². The number of rotatable bonds is 2. The number of carbonyl (C=O) groups excluding carboxylic acids is 1. The van der Waals surface area contributed by atoms with Gasteiger partial charge in [-0.15, -0.1) is 10.2 Å². The van der Waals surface area contributed by atoms with Crippen LogP contribution in [-0.2, 0) is 6.18 Å². The SMILES string of the molecule is CC(=O)c1nnc(-c2cccc(F)c2)cc1C(F)(F)F. The third kappa shape index (κ3) is 2.81. The molecule has 7 heteroatoms. The third-order valence-electron chi connectivity index (χ3n) is 2.55. The second-order valence-corrected chi connectivity index (χ2v) is 4.06. The summed E-state index contributed by atoms with van der Waals surface area (Å²) >= 11 is 0. The van der Waals surface area contributed by atoms with Crippen molar-refractivity contribution in [1.82, 2.24) is 10.2 Å². The maximum absolute atomic E-state index is 13.1. The second-order valence-electron chi connectivity index (χ2n) is 4.06. The van der Waals surface area contributed by atoms with Crippen molar-refractivity contribution < 1.29 is 22.4 Å². The number of benzene rings is 1.